The Bertz CT molecular complexity index is 712. The zero-order chi connectivity index (χ0) is 14.7. The van der Waals surface area contributed by atoms with Crippen LogP contribution in [0.15, 0.2) is 48.5 Å². The van der Waals surface area contributed by atoms with Crippen LogP contribution in [-0.2, 0) is 9.47 Å². The van der Waals surface area contributed by atoms with Gasteiger partial charge in [0.15, 0.2) is 12.1 Å². The molecule has 0 aromatic heterocycles. The van der Waals surface area contributed by atoms with Crippen molar-refractivity contribution in [1.29, 1.82) is 5.26 Å². The van der Waals surface area contributed by atoms with E-state index in [1.165, 1.54) is 0 Å². The summed E-state index contributed by atoms with van der Waals surface area (Å²) < 4.78 is 10.9. The van der Waals surface area contributed by atoms with E-state index in [4.69, 9.17) is 14.7 Å². The average molecular weight is 279 g/mol. The van der Waals surface area contributed by atoms with Gasteiger partial charge in [-0.05, 0) is 18.2 Å². The maximum atomic E-state index is 12.6. The molecule has 0 saturated carbocycles. The fourth-order valence-corrected chi connectivity index (χ4v) is 2.31. The molecule has 2 aromatic rings. The number of rotatable bonds is 3. The molecule has 3 rings (SSSR count). The summed E-state index contributed by atoms with van der Waals surface area (Å²) in [5.41, 5.74) is 2.12. The fourth-order valence-electron chi connectivity index (χ4n) is 2.31. The number of nitrogens with zero attached hydrogens (tertiary/aromatic N) is 1. The van der Waals surface area contributed by atoms with Gasteiger partial charge in [-0.2, -0.15) is 5.26 Å². The van der Waals surface area contributed by atoms with Gasteiger partial charge < -0.3 is 9.47 Å². The van der Waals surface area contributed by atoms with Crippen molar-refractivity contribution in [2.45, 2.75) is 6.29 Å². The minimum absolute atomic E-state index is 0.174. The summed E-state index contributed by atoms with van der Waals surface area (Å²) in [6, 6.07) is 16.0. The number of benzene rings is 2. The van der Waals surface area contributed by atoms with Gasteiger partial charge in [-0.15, -0.1) is 0 Å². The Balaban J connectivity index is 1.95. The van der Waals surface area contributed by atoms with Gasteiger partial charge in [-0.3, -0.25) is 4.79 Å². The van der Waals surface area contributed by atoms with Crippen molar-refractivity contribution >= 4 is 5.78 Å². The van der Waals surface area contributed by atoms with Crippen LogP contribution in [0, 0.1) is 11.3 Å². The lowest BCUT2D eigenvalue weighted by Crippen LogP contribution is -2.06. The lowest BCUT2D eigenvalue weighted by molar-refractivity contribution is -0.0441. The van der Waals surface area contributed by atoms with Gasteiger partial charge in [-0.1, -0.05) is 30.3 Å². The third kappa shape index (κ3) is 2.70. The van der Waals surface area contributed by atoms with Gasteiger partial charge in [0.05, 0.1) is 24.8 Å². The molecule has 21 heavy (non-hydrogen) atoms. The van der Waals surface area contributed by atoms with Gasteiger partial charge in [0.1, 0.15) is 0 Å². The molecule has 0 amide bonds. The SMILES string of the molecule is N#Cc1ccccc1C(=O)c1cccc(C2OCCO2)c1. The lowest BCUT2D eigenvalue weighted by Gasteiger charge is -2.10. The Morgan fingerprint density at radius 3 is 2.62 bits per heavy atom. The smallest absolute Gasteiger partial charge is 0.194 e. The minimum atomic E-state index is -0.413. The molecule has 2 aromatic carbocycles. The third-order valence-corrected chi connectivity index (χ3v) is 3.33. The van der Waals surface area contributed by atoms with Crippen molar-refractivity contribution < 1.29 is 14.3 Å². The van der Waals surface area contributed by atoms with Crippen molar-refractivity contribution in [2.75, 3.05) is 13.2 Å². The first-order valence-corrected chi connectivity index (χ1v) is 6.66. The van der Waals surface area contributed by atoms with Crippen molar-refractivity contribution in [1.82, 2.24) is 0 Å². The summed E-state index contributed by atoms with van der Waals surface area (Å²) in [4.78, 5) is 12.6. The number of ketones is 1. The highest BCUT2D eigenvalue weighted by Crippen LogP contribution is 2.25. The van der Waals surface area contributed by atoms with E-state index in [-0.39, 0.29) is 5.78 Å². The predicted molar refractivity (Wildman–Crippen MR) is 75.7 cm³/mol. The molecule has 0 aliphatic carbocycles. The monoisotopic (exact) mass is 279 g/mol. The minimum Gasteiger partial charge on any atom is -0.346 e. The topological polar surface area (TPSA) is 59.3 Å². The molecule has 4 nitrogen and oxygen atoms in total. The van der Waals surface area contributed by atoms with E-state index in [0.29, 0.717) is 29.9 Å². The van der Waals surface area contributed by atoms with Crippen molar-refractivity contribution in [3.63, 3.8) is 0 Å². The van der Waals surface area contributed by atoms with Gasteiger partial charge in [-0.25, -0.2) is 0 Å². The molecule has 0 spiro atoms. The van der Waals surface area contributed by atoms with E-state index in [1.807, 2.05) is 12.1 Å². The second-order valence-corrected chi connectivity index (χ2v) is 4.69. The molecule has 4 heteroatoms. The van der Waals surface area contributed by atoms with Crippen LogP contribution < -0.4 is 0 Å². The lowest BCUT2D eigenvalue weighted by atomic mass is 9.97. The summed E-state index contributed by atoms with van der Waals surface area (Å²) in [5.74, 6) is -0.174. The number of hydrogen-bond acceptors (Lipinski definition) is 4. The van der Waals surface area contributed by atoms with Crippen molar-refractivity contribution in [3.05, 3.63) is 70.8 Å². The number of ether oxygens (including phenoxy) is 2. The van der Waals surface area contributed by atoms with Crippen LogP contribution >= 0.6 is 0 Å². The first-order chi connectivity index (χ1) is 10.3. The Morgan fingerprint density at radius 1 is 1.10 bits per heavy atom. The van der Waals surface area contributed by atoms with E-state index in [1.54, 1.807) is 42.5 Å². The van der Waals surface area contributed by atoms with Crippen LogP contribution in [0.3, 0.4) is 0 Å². The third-order valence-electron chi connectivity index (χ3n) is 3.33. The molecule has 104 valence electrons. The Kier molecular flexibility index (Phi) is 3.78. The summed E-state index contributed by atoms with van der Waals surface area (Å²) in [7, 11) is 0. The molecule has 1 fully saturated rings. The quantitative estimate of drug-likeness (QED) is 0.811. The molecule has 0 unspecified atom stereocenters. The largest absolute Gasteiger partial charge is 0.346 e. The van der Waals surface area contributed by atoms with E-state index < -0.39 is 6.29 Å². The molecular weight excluding hydrogens is 266 g/mol. The van der Waals surface area contributed by atoms with Crippen LogP contribution in [0.4, 0.5) is 0 Å². The molecule has 1 heterocycles. The normalized spacial score (nSPS) is 14.8. The van der Waals surface area contributed by atoms with E-state index in [2.05, 4.69) is 0 Å². The highest BCUT2D eigenvalue weighted by Gasteiger charge is 2.20. The molecular formula is C17H13NO3. The molecule has 1 aliphatic heterocycles. The fraction of sp³-hybridized carbons (Fsp3) is 0.176. The van der Waals surface area contributed by atoms with Crippen LogP contribution in [0.25, 0.3) is 0 Å². The molecule has 0 atom stereocenters. The first kappa shape index (κ1) is 13.5. The van der Waals surface area contributed by atoms with Gasteiger partial charge in [0, 0.05) is 16.7 Å². The number of carbonyl (C=O) groups is 1. The zero-order valence-electron chi connectivity index (χ0n) is 11.3. The van der Waals surface area contributed by atoms with Crippen LogP contribution in [0.2, 0.25) is 0 Å². The number of carbonyl (C=O) groups excluding carboxylic acids is 1. The maximum absolute atomic E-state index is 12.6. The molecule has 1 aliphatic rings. The van der Waals surface area contributed by atoms with Gasteiger partial charge in [0.25, 0.3) is 0 Å². The number of hydrogen-bond donors (Lipinski definition) is 0. The second kappa shape index (κ2) is 5.88. The highest BCUT2D eigenvalue weighted by atomic mass is 16.7. The summed E-state index contributed by atoms with van der Waals surface area (Å²) >= 11 is 0. The number of nitriles is 1. The van der Waals surface area contributed by atoms with E-state index in [9.17, 15) is 4.79 Å². The Hall–Kier alpha value is -2.48. The van der Waals surface area contributed by atoms with Crippen molar-refractivity contribution in [3.8, 4) is 6.07 Å². The zero-order valence-corrected chi connectivity index (χ0v) is 11.3. The van der Waals surface area contributed by atoms with Crippen LogP contribution in [0.1, 0.15) is 33.3 Å². The Labute approximate surface area is 122 Å². The van der Waals surface area contributed by atoms with Gasteiger partial charge >= 0.3 is 0 Å². The van der Waals surface area contributed by atoms with E-state index >= 15 is 0 Å². The average Bonchev–Trinajstić information content (AvgIpc) is 3.09. The molecule has 0 bridgehead atoms. The predicted octanol–water partition coefficient (Wildman–Crippen LogP) is 2.83. The van der Waals surface area contributed by atoms with E-state index in [0.717, 1.165) is 5.56 Å². The summed E-state index contributed by atoms with van der Waals surface area (Å²) in [6.07, 6.45) is -0.413. The van der Waals surface area contributed by atoms with Crippen molar-refractivity contribution in [2.24, 2.45) is 0 Å². The van der Waals surface area contributed by atoms with Crippen LogP contribution in [0.5, 0.6) is 0 Å². The highest BCUT2D eigenvalue weighted by molar-refractivity contribution is 6.10. The summed E-state index contributed by atoms with van der Waals surface area (Å²) in [6.45, 7) is 1.11. The molecule has 1 saturated heterocycles. The van der Waals surface area contributed by atoms with Crippen LogP contribution in [-0.4, -0.2) is 19.0 Å². The molecule has 0 radical (unpaired) electrons. The van der Waals surface area contributed by atoms with Gasteiger partial charge in [0.2, 0.25) is 0 Å². The first-order valence-electron chi connectivity index (χ1n) is 6.66. The maximum Gasteiger partial charge on any atom is 0.194 e. The molecule has 0 N–H and O–H groups in total. The Morgan fingerprint density at radius 2 is 1.86 bits per heavy atom. The summed E-state index contributed by atoms with van der Waals surface area (Å²) in [5, 5.41) is 9.10. The standard InChI is InChI=1S/C17H13NO3/c18-11-14-4-1-2-7-15(14)16(19)12-5-3-6-13(10-12)17-20-8-9-21-17/h1-7,10,17H,8-9H2. The second-order valence-electron chi connectivity index (χ2n) is 4.69.